The van der Waals surface area contributed by atoms with Crippen molar-refractivity contribution < 1.29 is 38.7 Å². The Kier molecular flexibility index (Phi) is 12.7. The number of aliphatic hydroxyl groups is 2. The van der Waals surface area contributed by atoms with Gasteiger partial charge in [0.1, 0.15) is 0 Å². The lowest BCUT2D eigenvalue weighted by Crippen LogP contribution is -2.63. The lowest BCUT2D eigenvalue weighted by atomic mass is 9.72. The van der Waals surface area contributed by atoms with Gasteiger partial charge in [-0.2, -0.15) is 0 Å². The van der Waals surface area contributed by atoms with Gasteiger partial charge in [-0.25, -0.2) is 4.79 Å². The Morgan fingerprint density at radius 2 is 1.82 bits per heavy atom. The number of esters is 2. The lowest BCUT2D eigenvalue weighted by Gasteiger charge is -2.53. The van der Waals surface area contributed by atoms with E-state index in [4.69, 9.17) is 18.9 Å². The van der Waals surface area contributed by atoms with E-state index < -0.39 is 41.6 Å². The van der Waals surface area contributed by atoms with Gasteiger partial charge in [0, 0.05) is 31.4 Å². The minimum atomic E-state index is -1.40. The Hall–Kier alpha value is -1.48. The fraction of sp³-hybridized carbons (Fsp3) is 0.846. The molecular formula is C26H46O8. The molecule has 0 aromatic rings. The molecule has 0 bridgehead atoms. The summed E-state index contributed by atoms with van der Waals surface area (Å²) in [7, 11) is 2.77. The molecule has 0 aliphatic carbocycles. The van der Waals surface area contributed by atoms with Gasteiger partial charge in [-0.3, -0.25) is 4.79 Å². The van der Waals surface area contributed by atoms with Gasteiger partial charge in [0.25, 0.3) is 0 Å². The summed E-state index contributed by atoms with van der Waals surface area (Å²) in [6, 6.07) is 0. The van der Waals surface area contributed by atoms with Gasteiger partial charge in [-0.05, 0) is 31.8 Å². The Morgan fingerprint density at radius 1 is 1.18 bits per heavy atom. The van der Waals surface area contributed by atoms with Gasteiger partial charge in [0.2, 0.25) is 5.79 Å². The van der Waals surface area contributed by atoms with Crippen molar-refractivity contribution in [2.24, 2.45) is 5.41 Å². The van der Waals surface area contributed by atoms with Crippen LogP contribution in [0.15, 0.2) is 11.6 Å². The molecule has 1 aliphatic heterocycles. The van der Waals surface area contributed by atoms with Gasteiger partial charge in [0.05, 0.1) is 25.4 Å². The SMILES string of the molecule is CCCCCCCC(=O)O[C@H]1/C(=C/C(=O)OC)C[C@@H](C[C@@H](O)[C@@H](C)O)O[C@@]1(OC)C(C)(C)CC. The fourth-order valence-corrected chi connectivity index (χ4v) is 4.32. The van der Waals surface area contributed by atoms with Crippen LogP contribution in [0.1, 0.15) is 92.4 Å². The van der Waals surface area contributed by atoms with E-state index in [0.717, 1.165) is 32.1 Å². The van der Waals surface area contributed by atoms with Crippen LogP contribution in [0.25, 0.3) is 0 Å². The average molecular weight is 487 g/mol. The summed E-state index contributed by atoms with van der Waals surface area (Å²) in [6.45, 7) is 9.52. The average Bonchev–Trinajstić information content (AvgIpc) is 2.79. The van der Waals surface area contributed by atoms with Crippen molar-refractivity contribution in [1.82, 2.24) is 0 Å². The number of ether oxygens (including phenoxy) is 4. The third kappa shape index (κ3) is 8.04. The Balaban J connectivity index is 3.33. The number of unbranched alkanes of at least 4 members (excludes halogenated alkanes) is 4. The van der Waals surface area contributed by atoms with Gasteiger partial charge >= 0.3 is 11.9 Å². The largest absolute Gasteiger partial charge is 0.466 e. The quantitative estimate of drug-likeness (QED) is 0.215. The second kappa shape index (κ2) is 14.2. The molecule has 0 unspecified atom stereocenters. The zero-order chi connectivity index (χ0) is 25.9. The van der Waals surface area contributed by atoms with Crippen LogP contribution in [0.5, 0.6) is 0 Å². The van der Waals surface area contributed by atoms with Crippen LogP contribution in [0.3, 0.4) is 0 Å². The molecule has 0 aromatic heterocycles. The molecule has 0 radical (unpaired) electrons. The van der Waals surface area contributed by atoms with Crippen LogP contribution in [0.2, 0.25) is 0 Å². The molecule has 34 heavy (non-hydrogen) atoms. The topological polar surface area (TPSA) is 112 Å². The molecule has 198 valence electrons. The summed E-state index contributed by atoms with van der Waals surface area (Å²) >= 11 is 0. The van der Waals surface area contributed by atoms with E-state index in [1.54, 1.807) is 0 Å². The highest BCUT2D eigenvalue weighted by atomic mass is 16.7. The fourth-order valence-electron chi connectivity index (χ4n) is 4.32. The normalized spacial score (nSPS) is 26.2. The first-order valence-corrected chi connectivity index (χ1v) is 12.5. The predicted octanol–water partition coefficient (Wildman–Crippen LogP) is 4.06. The third-order valence-corrected chi connectivity index (χ3v) is 6.92. The number of rotatable bonds is 14. The first kappa shape index (κ1) is 30.6. The smallest absolute Gasteiger partial charge is 0.330 e. The maximum atomic E-state index is 12.9. The van der Waals surface area contributed by atoms with Crippen LogP contribution in [-0.4, -0.2) is 66.6 Å². The number of aliphatic hydroxyl groups excluding tert-OH is 2. The number of carbonyl (C=O) groups excluding carboxylic acids is 2. The summed E-state index contributed by atoms with van der Waals surface area (Å²) in [5.41, 5.74) is -0.124. The van der Waals surface area contributed by atoms with E-state index >= 15 is 0 Å². The van der Waals surface area contributed by atoms with E-state index in [9.17, 15) is 19.8 Å². The molecule has 0 saturated carbocycles. The maximum Gasteiger partial charge on any atom is 0.330 e. The van der Waals surface area contributed by atoms with E-state index in [2.05, 4.69) is 6.92 Å². The highest BCUT2D eigenvalue weighted by molar-refractivity contribution is 5.83. The van der Waals surface area contributed by atoms with Crippen molar-refractivity contribution in [2.75, 3.05) is 14.2 Å². The van der Waals surface area contributed by atoms with E-state index in [1.165, 1.54) is 27.2 Å². The number of carbonyl (C=O) groups is 2. The number of hydrogen-bond donors (Lipinski definition) is 2. The van der Waals surface area contributed by atoms with Gasteiger partial charge in [-0.15, -0.1) is 0 Å². The van der Waals surface area contributed by atoms with E-state index in [1.807, 2.05) is 20.8 Å². The third-order valence-electron chi connectivity index (χ3n) is 6.92. The summed E-state index contributed by atoms with van der Waals surface area (Å²) in [5, 5.41) is 20.1. The number of hydrogen-bond acceptors (Lipinski definition) is 8. The molecule has 1 aliphatic rings. The first-order chi connectivity index (χ1) is 16.0. The summed E-state index contributed by atoms with van der Waals surface area (Å²) < 4.78 is 23.3. The second-order valence-corrected chi connectivity index (χ2v) is 9.87. The molecule has 0 aromatic carbocycles. The highest BCUT2D eigenvalue weighted by Gasteiger charge is 2.59. The Labute approximate surface area is 205 Å². The standard InChI is InChI=1S/C26H46O8/c1-8-10-11-12-13-14-22(29)33-24-19(16-23(30)31-6)15-20(17-21(28)18(3)27)34-26(24,32-7)25(4,5)9-2/h16,18,20-21,24,27-28H,8-15,17H2,1-7H3/b19-16+/t18-,20+,21-,24+,26-/m1/s1. The molecule has 8 heteroatoms. The minimum Gasteiger partial charge on any atom is -0.466 e. The Bertz CT molecular complexity index is 672. The van der Waals surface area contributed by atoms with Crippen LogP contribution < -0.4 is 0 Å². The van der Waals surface area contributed by atoms with Crippen LogP contribution in [0.4, 0.5) is 0 Å². The van der Waals surface area contributed by atoms with Crippen molar-refractivity contribution in [3.05, 3.63) is 11.6 Å². The molecule has 5 atom stereocenters. The molecule has 8 nitrogen and oxygen atoms in total. The van der Waals surface area contributed by atoms with Crippen molar-refractivity contribution >= 4 is 11.9 Å². The molecule has 0 amide bonds. The molecule has 1 heterocycles. The number of methoxy groups -OCH3 is 2. The van der Waals surface area contributed by atoms with Crippen LogP contribution >= 0.6 is 0 Å². The minimum absolute atomic E-state index is 0.124. The highest BCUT2D eigenvalue weighted by Crippen LogP contribution is 2.49. The van der Waals surface area contributed by atoms with Gasteiger partial charge in [0.15, 0.2) is 6.10 Å². The molecule has 0 spiro atoms. The van der Waals surface area contributed by atoms with Crippen molar-refractivity contribution in [1.29, 1.82) is 0 Å². The maximum absolute atomic E-state index is 12.9. The van der Waals surface area contributed by atoms with E-state index in [0.29, 0.717) is 12.0 Å². The molecule has 1 rings (SSSR count). The van der Waals surface area contributed by atoms with Gasteiger partial charge in [-0.1, -0.05) is 53.4 Å². The van der Waals surface area contributed by atoms with Crippen LogP contribution in [0, 0.1) is 5.41 Å². The molecule has 1 fully saturated rings. The Morgan fingerprint density at radius 3 is 2.35 bits per heavy atom. The molecule has 2 N–H and O–H groups in total. The van der Waals surface area contributed by atoms with Gasteiger partial charge < -0.3 is 29.2 Å². The summed E-state index contributed by atoms with van der Waals surface area (Å²) in [4.78, 5) is 25.1. The zero-order valence-corrected chi connectivity index (χ0v) is 22.1. The lowest BCUT2D eigenvalue weighted by molar-refractivity contribution is -0.348. The monoisotopic (exact) mass is 486 g/mol. The van der Waals surface area contributed by atoms with Crippen molar-refractivity contribution in [2.45, 2.75) is 123 Å². The predicted molar refractivity (Wildman–Crippen MR) is 129 cm³/mol. The van der Waals surface area contributed by atoms with Crippen molar-refractivity contribution in [3.63, 3.8) is 0 Å². The molecular weight excluding hydrogens is 440 g/mol. The van der Waals surface area contributed by atoms with Crippen molar-refractivity contribution in [3.8, 4) is 0 Å². The second-order valence-electron chi connectivity index (χ2n) is 9.87. The first-order valence-electron chi connectivity index (χ1n) is 12.5. The molecule has 1 saturated heterocycles. The summed E-state index contributed by atoms with van der Waals surface area (Å²) in [6.07, 6.45) is 4.06. The van der Waals surface area contributed by atoms with E-state index in [-0.39, 0.29) is 25.2 Å². The van der Waals surface area contributed by atoms with Crippen LogP contribution in [-0.2, 0) is 28.5 Å². The summed E-state index contributed by atoms with van der Waals surface area (Å²) in [5.74, 6) is -2.36. The zero-order valence-electron chi connectivity index (χ0n) is 22.1.